The Bertz CT molecular complexity index is 188. The summed E-state index contributed by atoms with van der Waals surface area (Å²) in [6.07, 6.45) is 1.22. The van der Waals surface area contributed by atoms with Crippen LogP contribution in [0, 0.1) is 11.8 Å². The summed E-state index contributed by atoms with van der Waals surface area (Å²) >= 11 is 0. The Labute approximate surface area is 80.0 Å². The van der Waals surface area contributed by atoms with Crippen LogP contribution in [0.5, 0.6) is 0 Å². The fourth-order valence-corrected chi connectivity index (χ4v) is 1.11. The lowest BCUT2D eigenvalue weighted by molar-refractivity contribution is 0.655. The number of nitrogens with two attached hydrogens (primary N) is 1. The first kappa shape index (κ1) is 10.3. The van der Waals surface area contributed by atoms with Gasteiger partial charge in [-0.05, 0) is 18.3 Å². The average molecular weight is 184 g/mol. The highest BCUT2D eigenvalue weighted by Gasteiger charge is 2.33. The van der Waals surface area contributed by atoms with Gasteiger partial charge in [-0.1, -0.05) is 20.8 Å². The maximum Gasteiger partial charge on any atom is 0.205 e. The van der Waals surface area contributed by atoms with Crippen LogP contribution in [0.4, 0.5) is 0 Å². The summed E-state index contributed by atoms with van der Waals surface area (Å²) in [5.74, 6) is 7.40. The lowest BCUT2D eigenvalue weighted by Crippen LogP contribution is -2.43. The van der Waals surface area contributed by atoms with Gasteiger partial charge in [-0.25, -0.2) is 5.84 Å². The van der Waals surface area contributed by atoms with Gasteiger partial charge in [0, 0.05) is 12.6 Å². The minimum absolute atomic E-state index is 0.571. The Kier molecular flexibility index (Phi) is 3.54. The van der Waals surface area contributed by atoms with Crippen LogP contribution in [-0.2, 0) is 0 Å². The number of nitrogens with zero attached hydrogens (tertiary/aromatic N) is 1. The molecule has 2 unspecified atom stereocenters. The van der Waals surface area contributed by atoms with Crippen molar-refractivity contribution in [1.82, 2.24) is 10.7 Å². The normalized spacial score (nSPS) is 27.6. The molecule has 4 nitrogen and oxygen atoms in total. The highest BCUT2D eigenvalue weighted by atomic mass is 15.3. The third kappa shape index (κ3) is 3.63. The molecule has 0 radical (unpaired) electrons. The van der Waals surface area contributed by atoms with Gasteiger partial charge in [0.15, 0.2) is 0 Å². The fourth-order valence-electron chi connectivity index (χ4n) is 1.11. The second-order valence-corrected chi connectivity index (χ2v) is 4.19. The van der Waals surface area contributed by atoms with Crippen molar-refractivity contribution in [3.8, 4) is 0 Å². The highest BCUT2D eigenvalue weighted by Crippen LogP contribution is 2.28. The third-order valence-corrected chi connectivity index (χ3v) is 2.18. The molecule has 0 aliphatic heterocycles. The van der Waals surface area contributed by atoms with Crippen LogP contribution >= 0.6 is 0 Å². The fraction of sp³-hybridized carbons (Fsp3) is 0.889. The second-order valence-electron chi connectivity index (χ2n) is 4.19. The van der Waals surface area contributed by atoms with Crippen molar-refractivity contribution in [2.75, 3.05) is 6.54 Å². The summed E-state index contributed by atoms with van der Waals surface area (Å²) in [6, 6.07) is 0.571. The van der Waals surface area contributed by atoms with Crippen LogP contribution in [0.25, 0.3) is 0 Å². The largest absolute Gasteiger partial charge is 0.352 e. The van der Waals surface area contributed by atoms with Crippen molar-refractivity contribution < 1.29 is 0 Å². The molecule has 0 heterocycles. The SMILES string of the molecule is CC(C)CN=C(NN)NC1CC1C. The Morgan fingerprint density at radius 1 is 1.62 bits per heavy atom. The zero-order valence-corrected chi connectivity index (χ0v) is 8.67. The molecule has 0 aromatic rings. The molecule has 0 amide bonds. The first-order valence-corrected chi connectivity index (χ1v) is 4.91. The van der Waals surface area contributed by atoms with Gasteiger partial charge in [-0.15, -0.1) is 0 Å². The van der Waals surface area contributed by atoms with Crippen LogP contribution in [0.15, 0.2) is 4.99 Å². The van der Waals surface area contributed by atoms with E-state index < -0.39 is 0 Å². The lowest BCUT2D eigenvalue weighted by Gasteiger charge is -2.08. The molecule has 1 aliphatic carbocycles. The molecular formula is C9H20N4. The zero-order chi connectivity index (χ0) is 9.84. The third-order valence-electron chi connectivity index (χ3n) is 2.18. The molecule has 1 fully saturated rings. The predicted octanol–water partition coefficient (Wildman–Crippen LogP) is 0.460. The predicted molar refractivity (Wildman–Crippen MR) is 55.2 cm³/mol. The van der Waals surface area contributed by atoms with Crippen LogP contribution in [-0.4, -0.2) is 18.5 Å². The second kappa shape index (κ2) is 4.46. The van der Waals surface area contributed by atoms with Crippen molar-refractivity contribution in [1.29, 1.82) is 0 Å². The van der Waals surface area contributed by atoms with Gasteiger partial charge in [0.2, 0.25) is 5.96 Å². The Morgan fingerprint density at radius 2 is 2.23 bits per heavy atom. The number of hydrogen-bond donors (Lipinski definition) is 3. The number of hydrogen-bond acceptors (Lipinski definition) is 2. The van der Waals surface area contributed by atoms with E-state index in [1.807, 2.05) is 0 Å². The van der Waals surface area contributed by atoms with Gasteiger partial charge in [0.05, 0.1) is 0 Å². The number of nitrogens with one attached hydrogen (secondary N) is 2. The molecule has 0 aromatic carbocycles. The van der Waals surface area contributed by atoms with Crippen LogP contribution in [0.2, 0.25) is 0 Å². The van der Waals surface area contributed by atoms with Crippen LogP contribution < -0.4 is 16.6 Å². The van der Waals surface area contributed by atoms with E-state index in [4.69, 9.17) is 5.84 Å². The summed E-state index contributed by atoms with van der Waals surface area (Å²) < 4.78 is 0. The van der Waals surface area contributed by atoms with E-state index in [1.54, 1.807) is 0 Å². The van der Waals surface area contributed by atoms with Crippen LogP contribution in [0.1, 0.15) is 27.2 Å². The topological polar surface area (TPSA) is 62.4 Å². The summed E-state index contributed by atoms with van der Waals surface area (Å²) in [6.45, 7) is 7.30. The minimum atomic E-state index is 0.571. The molecule has 13 heavy (non-hydrogen) atoms. The van der Waals surface area contributed by atoms with E-state index in [1.165, 1.54) is 6.42 Å². The lowest BCUT2D eigenvalue weighted by atomic mass is 10.2. The Hall–Kier alpha value is -0.770. The molecule has 2 atom stereocenters. The average Bonchev–Trinajstić information content (AvgIpc) is 2.75. The molecular weight excluding hydrogens is 164 g/mol. The van der Waals surface area contributed by atoms with Gasteiger partial charge in [-0.3, -0.25) is 10.4 Å². The Morgan fingerprint density at radius 3 is 2.62 bits per heavy atom. The van der Waals surface area contributed by atoms with Gasteiger partial charge >= 0.3 is 0 Å². The van der Waals surface area contributed by atoms with E-state index in [-0.39, 0.29) is 0 Å². The van der Waals surface area contributed by atoms with E-state index in [9.17, 15) is 0 Å². The molecule has 1 saturated carbocycles. The maximum absolute atomic E-state index is 5.34. The van der Waals surface area contributed by atoms with Gasteiger partial charge in [0.25, 0.3) is 0 Å². The summed E-state index contributed by atoms with van der Waals surface area (Å²) in [5, 5.41) is 3.26. The smallest absolute Gasteiger partial charge is 0.205 e. The first-order valence-electron chi connectivity index (χ1n) is 4.91. The van der Waals surface area contributed by atoms with Crippen molar-refractivity contribution >= 4 is 5.96 Å². The highest BCUT2D eigenvalue weighted by molar-refractivity contribution is 5.79. The van der Waals surface area contributed by atoms with Crippen molar-refractivity contribution in [3.63, 3.8) is 0 Å². The molecule has 1 aliphatic rings. The molecule has 4 N–H and O–H groups in total. The number of rotatable bonds is 3. The summed E-state index contributed by atoms with van der Waals surface area (Å²) in [4.78, 5) is 4.33. The van der Waals surface area contributed by atoms with Gasteiger partial charge < -0.3 is 5.32 Å². The monoisotopic (exact) mass is 184 g/mol. The van der Waals surface area contributed by atoms with Crippen molar-refractivity contribution in [3.05, 3.63) is 0 Å². The summed E-state index contributed by atoms with van der Waals surface area (Å²) in [5.41, 5.74) is 2.59. The molecule has 0 aromatic heterocycles. The number of aliphatic imine (C=N–C) groups is 1. The maximum atomic E-state index is 5.34. The van der Waals surface area contributed by atoms with E-state index >= 15 is 0 Å². The zero-order valence-electron chi connectivity index (χ0n) is 8.67. The van der Waals surface area contributed by atoms with Gasteiger partial charge in [0.1, 0.15) is 0 Å². The quantitative estimate of drug-likeness (QED) is 0.258. The van der Waals surface area contributed by atoms with Crippen molar-refractivity contribution in [2.45, 2.75) is 33.2 Å². The number of hydrazine groups is 1. The Balaban J connectivity index is 2.29. The van der Waals surface area contributed by atoms with E-state index in [2.05, 4.69) is 36.5 Å². The minimum Gasteiger partial charge on any atom is -0.352 e. The van der Waals surface area contributed by atoms with E-state index in [0.717, 1.165) is 18.4 Å². The molecule has 1 rings (SSSR count). The first-order chi connectivity index (χ1) is 6.13. The van der Waals surface area contributed by atoms with Gasteiger partial charge in [-0.2, -0.15) is 0 Å². The summed E-state index contributed by atoms with van der Waals surface area (Å²) in [7, 11) is 0. The van der Waals surface area contributed by atoms with Crippen LogP contribution in [0.3, 0.4) is 0 Å². The van der Waals surface area contributed by atoms with E-state index in [0.29, 0.717) is 12.0 Å². The molecule has 4 heteroatoms. The molecule has 0 spiro atoms. The standard InChI is InChI=1S/C9H20N4/c1-6(2)5-11-9(13-10)12-8-4-7(8)3/h6-8H,4-5,10H2,1-3H3,(H2,11,12,13). The number of guanidine groups is 1. The molecule has 0 saturated heterocycles. The molecule has 76 valence electrons. The molecule has 0 bridgehead atoms. The van der Waals surface area contributed by atoms with Crippen molar-refractivity contribution in [2.24, 2.45) is 22.7 Å².